The van der Waals surface area contributed by atoms with Crippen LogP contribution in [0.1, 0.15) is 5.69 Å². The van der Waals surface area contributed by atoms with Crippen molar-refractivity contribution in [1.82, 2.24) is 4.98 Å². The third-order valence-corrected chi connectivity index (χ3v) is 4.47. The van der Waals surface area contributed by atoms with Crippen LogP contribution in [0.15, 0.2) is 29.6 Å². The summed E-state index contributed by atoms with van der Waals surface area (Å²) in [5, 5.41) is 20.7. The van der Waals surface area contributed by atoms with Crippen molar-refractivity contribution < 1.29 is 14.6 Å². The van der Waals surface area contributed by atoms with Crippen LogP contribution in [-0.4, -0.2) is 33.7 Å². The van der Waals surface area contributed by atoms with Gasteiger partial charge in [0.2, 0.25) is 0 Å². The Balaban J connectivity index is 1.93. The molecule has 0 amide bonds. The van der Waals surface area contributed by atoms with E-state index in [2.05, 4.69) is 4.98 Å². The van der Waals surface area contributed by atoms with Gasteiger partial charge in [0.05, 0.1) is 18.4 Å². The van der Waals surface area contributed by atoms with Crippen LogP contribution in [0.3, 0.4) is 0 Å². The van der Waals surface area contributed by atoms with Gasteiger partial charge < -0.3 is 10.2 Å². The summed E-state index contributed by atoms with van der Waals surface area (Å²) in [5.74, 6) is 0.920. The zero-order valence-corrected chi connectivity index (χ0v) is 11.8. The van der Waals surface area contributed by atoms with Crippen LogP contribution in [0.25, 0.3) is 10.6 Å². The van der Waals surface area contributed by atoms with Gasteiger partial charge in [0.1, 0.15) is 10.8 Å². The smallest absolute Gasteiger partial charge is 0.123 e. The Morgan fingerprint density at radius 3 is 2.74 bits per heavy atom. The largest absolute Gasteiger partial charge is 0.394 e. The van der Waals surface area contributed by atoms with E-state index in [0.717, 1.165) is 16.3 Å². The molecule has 0 aliphatic heterocycles. The van der Waals surface area contributed by atoms with Gasteiger partial charge in [-0.3, -0.25) is 0 Å². The summed E-state index contributed by atoms with van der Waals surface area (Å²) in [6.07, 6.45) is -0.680. The lowest BCUT2D eigenvalue weighted by Gasteiger charge is -2.04. The predicted molar refractivity (Wildman–Crippen MR) is 76.8 cm³/mol. The second-order valence-electron chi connectivity index (χ2n) is 4.00. The lowest BCUT2D eigenvalue weighted by Crippen LogP contribution is -2.14. The first-order valence-corrected chi connectivity index (χ1v) is 7.79. The predicted octanol–water partition coefficient (Wildman–Crippen LogP) is 2.54. The Kier molecular flexibility index (Phi) is 5.33. The maximum absolute atomic E-state index is 12.8. The van der Waals surface area contributed by atoms with Crippen molar-refractivity contribution in [2.45, 2.75) is 11.9 Å². The highest BCUT2D eigenvalue weighted by molar-refractivity contribution is 7.98. The number of nitrogens with zero attached hydrogens (tertiary/aromatic N) is 1. The molecule has 0 unspecified atom stereocenters. The molecule has 0 fully saturated rings. The molecule has 2 N–H and O–H groups in total. The van der Waals surface area contributed by atoms with Crippen molar-refractivity contribution in [1.29, 1.82) is 0 Å². The molecular weight excluding hydrogens is 285 g/mol. The SMILES string of the molecule is OC[C@@H](O)CSCc1csc(-c2ccc(F)cc2)n1. The Labute approximate surface area is 119 Å². The number of hydrogen-bond acceptors (Lipinski definition) is 5. The molecule has 0 aliphatic rings. The van der Waals surface area contributed by atoms with Crippen LogP contribution < -0.4 is 0 Å². The summed E-state index contributed by atoms with van der Waals surface area (Å²) < 4.78 is 12.8. The molecular formula is C13H14FNO2S2. The minimum Gasteiger partial charge on any atom is -0.394 e. The van der Waals surface area contributed by atoms with Gasteiger partial charge in [-0.15, -0.1) is 11.3 Å². The van der Waals surface area contributed by atoms with Crippen LogP contribution in [0.4, 0.5) is 4.39 Å². The molecule has 3 nitrogen and oxygen atoms in total. The molecule has 0 radical (unpaired) electrons. The van der Waals surface area contributed by atoms with Crippen molar-refractivity contribution >= 4 is 23.1 Å². The number of benzene rings is 1. The molecule has 0 bridgehead atoms. The van der Waals surface area contributed by atoms with Gasteiger partial charge in [-0.25, -0.2) is 9.37 Å². The third kappa shape index (κ3) is 4.28. The van der Waals surface area contributed by atoms with E-state index in [4.69, 9.17) is 5.11 Å². The Hall–Kier alpha value is -0.950. The van der Waals surface area contributed by atoms with Crippen molar-refractivity contribution in [3.8, 4) is 10.6 Å². The molecule has 0 saturated carbocycles. The molecule has 1 atom stereocenters. The van der Waals surface area contributed by atoms with Crippen molar-refractivity contribution in [2.24, 2.45) is 0 Å². The maximum atomic E-state index is 12.8. The quantitative estimate of drug-likeness (QED) is 0.860. The molecule has 1 aromatic heterocycles. The summed E-state index contributed by atoms with van der Waals surface area (Å²) in [5.41, 5.74) is 1.83. The lowest BCUT2D eigenvalue weighted by atomic mass is 10.2. The van der Waals surface area contributed by atoms with E-state index in [9.17, 15) is 9.50 Å². The average molecular weight is 299 g/mol. The molecule has 0 saturated heterocycles. The lowest BCUT2D eigenvalue weighted by molar-refractivity contribution is 0.113. The number of aliphatic hydroxyl groups excluding tert-OH is 2. The second kappa shape index (κ2) is 7.00. The maximum Gasteiger partial charge on any atom is 0.123 e. The molecule has 6 heteroatoms. The van der Waals surface area contributed by atoms with Crippen molar-refractivity contribution in [3.63, 3.8) is 0 Å². The van der Waals surface area contributed by atoms with Gasteiger partial charge >= 0.3 is 0 Å². The molecule has 0 aliphatic carbocycles. The topological polar surface area (TPSA) is 53.4 Å². The summed E-state index contributed by atoms with van der Waals surface area (Å²) in [6, 6.07) is 6.26. The first-order valence-electron chi connectivity index (χ1n) is 5.76. The van der Waals surface area contributed by atoms with Gasteiger partial charge in [0, 0.05) is 22.4 Å². The van der Waals surface area contributed by atoms with Gasteiger partial charge in [-0.2, -0.15) is 11.8 Å². The zero-order valence-electron chi connectivity index (χ0n) is 10.1. The number of rotatable bonds is 6. The summed E-state index contributed by atoms with van der Waals surface area (Å²) in [6.45, 7) is -0.217. The van der Waals surface area contributed by atoms with Gasteiger partial charge in [0.25, 0.3) is 0 Å². The third-order valence-electron chi connectivity index (χ3n) is 2.41. The number of aromatic nitrogens is 1. The first kappa shape index (κ1) is 14.5. The van der Waals surface area contributed by atoms with Crippen LogP contribution >= 0.6 is 23.1 Å². The van der Waals surface area contributed by atoms with E-state index in [-0.39, 0.29) is 12.4 Å². The monoisotopic (exact) mass is 299 g/mol. The van der Waals surface area contributed by atoms with E-state index in [1.807, 2.05) is 5.38 Å². The van der Waals surface area contributed by atoms with E-state index >= 15 is 0 Å². The fourth-order valence-electron chi connectivity index (χ4n) is 1.45. The van der Waals surface area contributed by atoms with E-state index in [0.29, 0.717) is 11.5 Å². The molecule has 2 aromatic rings. The fourth-order valence-corrected chi connectivity index (χ4v) is 3.23. The molecule has 2 rings (SSSR count). The van der Waals surface area contributed by atoms with Crippen LogP contribution in [0.2, 0.25) is 0 Å². The number of halogens is 1. The van der Waals surface area contributed by atoms with E-state index < -0.39 is 6.10 Å². The molecule has 1 aromatic carbocycles. The number of thioether (sulfide) groups is 1. The normalized spacial score (nSPS) is 12.6. The van der Waals surface area contributed by atoms with Crippen molar-refractivity contribution in [2.75, 3.05) is 12.4 Å². The molecule has 1 heterocycles. The minimum absolute atomic E-state index is 0.217. The highest BCUT2D eigenvalue weighted by Crippen LogP contribution is 2.25. The number of aliphatic hydroxyl groups is 2. The summed E-state index contributed by atoms with van der Waals surface area (Å²) >= 11 is 3.04. The first-order chi connectivity index (χ1) is 9.19. The summed E-state index contributed by atoms with van der Waals surface area (Å²) in [4.78, 5) is 4.46. The van der Waals surface area contributed by atoms with Gasteiger partial charge in [-0.05, 0) is 24.3 Å². The number of hydrogen-bond donors (Lipinski definition) is 2. The Morgan fingerprint density at radius 1 is 1.32 bits per heavy atom. The average Bonchev–Trinajstić information content (AvgIpc) is 2.88. The Morgan fingerprint density at radius 2 is 2.05 bits per heavy atom. The minimum atomic E-state index is -0.680. The highest BCUT2D eigenvalue weighted by Gasteiger charge is 2.07. The van der Waals surface area contributed by atoms with Crippen molar-refractivity contribution in [3.05, 3.63) is 41.2 Å². The van der Waals surface area contributed by atoms with Gasteiger partial charge in [-0.1, -0.05) is 0 Å². The van der Waals surface area contributed by atoms with Crippen LogP contribution in [0, 0.1) is 5.82 Å². The van der Waals surface area contributed by atoms with Crippen LogP contribution in [-0.2, 0) is 5.75 Å². The van der Waals surface area contributed by atoms with E-state index in [1.54, 1.807) is 12.1 Å². The standard InChI is InChI=1S/C13H14FNO2S2/c14-10-3-1-9(2-4-10)13-15-11(7-19-13)6-18-8-12(17)5-16/h1-4,7,12,16-17H,5-6,8H2/t12-/m1/s1. The van der Waals surface area contributed by atoms with Crippen LogP contribution in [0.5, 0.6) is 0 Å². The second-order valence-corrected chi connectivity index (χ2v) is 5.89. The van der Waals surface area contributed by atoms with Gasteiger partial charge in [0.15, 0.2) is 0 Å². The molecule has 19 heavy (non-hydrogen) atoms. The summed E-state index contributed by atoms with van der Waals surface area (Å²) in [7, 11) is 0. The molecule has 102 valence electrons. The Bertz CT molecular complexity index is 516. The zero-order chi connectivity index (χ0) is 13.7. The number of thiazole rings is 1. The molecule has 0 spiro atoms. The fraction of sp³-hybridized carbons (Fsp3) is 0.308. The highest BCUT2D eigenvalue weighted by atomic mass is 32.2. The van der Waals surface area contributed by atoms with E-state index in [1.165, 1.54) is 35.2 Å².